The lowest BCUT2D eigenvalue weighted by Gasteiger charge is -2.44. The molecular weight excluding hydrogens is 1290 g/mol. The maximum absolute atomic E-state index is 5.72. The minimum atomic E-state index is 0.0513. The topological polar surface area (TPSA) is 115 Å². The highest BCUT2D eigenvalue weighted by molar-refractivity contribution is 7.00. The summed E-state index contributed by atoms with van der Waals surface area (Å²) in [6.07, 6.45) is 0. The number of aromatic nitrogens is 9. The van der Waals surface area contributed by atoms with Gasteiger partial charge in [0, 0.05) is 95.0 Å². The minimum absolute atomic E-state index is 0.0513. The normalized spacial score (nSPS) is 12.1. The van der Waals surface area contributed by atoms with Crippen LogP contribution in [-0.4, -0.2) is 51.2 Å². The van der Waals surface area contributed by atoms with E-state index in [0.29, 0.717) is 40.8 Å². The SMILES string of the molecule is c1ccc(-c2cc(-c3cccc(-c4ccc(N5c6ccccc6B6c7ccccc7N(c7ccccc7)c7cccc5c76)cc4)c3)nc(-c3cc(-c4nc(-c5ccccc5)nc(-c5ccccc5)n4)ccc3-n3c4ccccc4c4cc(-c5nc(-c6ccccc6)nc(-c6ccccc6)n5)ccc43)n2)cc1. The summed E-state index contributed by atoms with van der Waals surface area (Å²) in [5.74, 6) is 3.89. The lowest BCUT2D eigenvalue weighted by molar-refractivity contribution is 1.07. The smallest absolute Gasteiger partial charge is 0.252 e. The van der Waals surface area contributed by atoms with Crippen LogP contribution in [0.5, 0.6) is 0 Å². The van der Waals surface area contributed by atoms with E-state index in [9.17, 15) is 0 Å². The molecular formula is C94H60BN11. The van der Waals surface area contributed by atoms with Gasteiger partial charge >= 0.3 is 0 Å². The molecule has 12 heteroatoms. The molecule has 2 aliphatic rings. The Morgan fingerprint density at radius 3 is 1.14 bits per heavy atom. The zero-order valence-corrected chi connectivity index (χ0v) is 57.1. The van der Waals surface area contributed by atoms with Crippen LogP contribution in [0.15, 0.2) is 364 Å². The van der Waals surface area contributed by atoms with Gasteiger partial charge in [-0.15, -0.1) is 0 Å². The number of hydrogen-bond acceptors (Lipinski definition) is 10. The molecule has 18 aromatic rings. The highest BCUT2D eigenvalue weighted by atomic mass is 15.2. The predicted molar refractivity (Wildman–Crippen MR) is 432 cm³/mol. The summed E-state index contributed by atoms with van der Waals surface area (Å²) in [6, 6.07) is 127. The summed E-state index contributed by atoms with van der Waals surface area (Å²) < 4.78 is 2.33. The fourth-order valence-electron chi connectivity index (χ4n) is 15.4. The van der Waals surface area contributed by atoms with Crippen molar-refractivity contribution < 1.29 is 0 Å². The summed E-state index contributed by atoms with van der Waals surface area (Å²) in [6.45, 7) is 0.0513. The maximum Gasteiger partial charge on any atom is 0.252 e. The molecule has 0 saturated carbocycles. The molecule has 0 radical (unpaired) electrons. The van der Waals surface area contributed by atoms with Gasteiger partial charge in [0.15, 0.2) is 40.8 Å². The van der Waals surface area contributed by atoms with Gasteiger partial charge in [-0.1, -0.05) is 261 Å². The van der Waals surface area contributed by atoms with E-state index in [-0.39, 0.29) is 6.71 Å². The van der Waals surface area contributed by atoms with Gasteiger partial charge in [-0.2, -0.15) is 0 Å². The number of hydrogen-bond donors (Lipinski definition) is 0. The Balaban J connectivity index is 0.741. The predicted octanol–water partition coefficient (Wildman–Crippen LogP) is 20.7. The van der Waals surface area contributed by atoms with Gasteiger partial charge < -0.3 is 14.4 Å². The lowest BCUT2D eigenvalue weighted by atomic mass is 9.33. The minimum Gasteiger partial charge on any atom is -0.311 e. The Morgan fingerprint density at radius 2 is 0.594 bits per heavy atom. The first-order valence-electron chi connectivity index (χ1n) is 35.6. The molecule has 11 nitrogen and oxygen atoms in total. The summed E-state index contributed by atoms with van der Waals surface area (Å²) >= 11 is 0. The molecule has 4 aromatic heterocycles. The van der Waals surface area contributed by atoms with Crippen LogP contribution < -0.4 is 26.2 Å². The van der Waals surface area contributed by atoms with Gasteiger partial charge in [0.25, 0.3) is 6.71 Å². The van der Waals surface area contributed by atoms with Crippen molar-refractivity contribution in [2.45, 2.75) is 0 Å². The quantitative estimate of drug-likeness (QED) is 0.103. The monoisotopic (exact) mass is 1350 g/mol. The second kappa shape index (κ2) is 25.9. The van der Waals surface area contributed by atoms with E-state index in [4.69, 9.17) is 39.9 Å². The molecule has 0 atom stereocenters. The van der Waals surface area contributed by atoms with Crippen molar-refractivity contribution in [1.82, 2.24) is 44.4 Å². The zero-order valence-electron chi connectivity index (χ0n) is 57.1. The summed E-state index contributed by atoms with van der Waals surface area (Å²) in [5, 5.41) is 2.06. The number of benzene rings is 14. The van der Waals surface area contributed by atoms with Crippen LogP contribution in [-0.2, 0) is 0 Å². The Kier molecular flexibility index (Phi) is 15.0. The Labute approximate surface area is 612 Å². The standard InChI is InChI=1S/C94H60BN11/c1-7-27-62(28-8-1)78-60-79(68-38-25-37-67(57-68)61-49-53-72(54-50-61)105-84-46-24-21-43-77(84)95-76-42-20-23-45-83(76)104(71-39-17-6-18-40-71)85-47-26-48-86(105)87(85)95)97-94(96-78)75-59-70(93-102-90(65-33-13-4-14-34-65)99-91(103-93)66-35-15-5-16-36-66)52-56-82(75)106-80-44-22-19-41-73(80)74-58-69(51-55-81(74)106)92-100-88(63-29-9-2-10-30-63)98-89(101-92)64-31-11-3-12-32-64/h1-60H. The molecule has 0 aliphatic carbocycles. The van der Waals surface area contributed by atoms with Gasteiger partial charge in [-0.3, -0.25) is 0 Å². The molecule has 0 N–H and O–H groups in total. The number of fused-ring (bicyclic) bond motifs is 7. The van der Waals surface area contributed by atoms with Crippen LogP contribution in [0.25, 0.3) is 141 Å². The van der Waals surface area contributed by atoms with E-state index in [1.54, 1.807) is 0 Å². The summed E-state index contributed by atoms with van der Waals surface area (Å²) in [4.78, 5) is 47.3. The van der Waals surface area contributed by atoms with Crippen molar-refractivity contribution in [2.24, 2.45) is 0 Å². The van der Waals surface area contributed by atoms with Crippen molar-refractivity contribution in [2.75, 3.05) is 9.80 Å². The Morgan fingerprint density at radius 1 is 0.208 bits per heavy atom. The molecule has 0 unspecified atom stereocenters. The van der Waals surface area contributed by atoms with Gasteiger partial charge in [-0.25, -0.2) is 39.9 Å². The molecule has 0 fully saturated rings. The summed E-state index contributed by atoms with van der Waals surface area (Å²) in [7, 11) is 0. The molecule has 14 aromatic carbocycles. The van der Waals surface area contributed by atoms with E-state index in [1.165, 1.54) is 33.5 Å². The molecule has 0 bridgehead atoms. The molecule has 0 spiro atoms. The van der Waals surface area contributed by atoms with Gasteiger partial charge in [0.05, 0.1) is 28.1 Å². The first kappa shape index (κ1) is 61.5. The Bertz CT molecular complexity index is 6290. The second-order valence-electron chi connectivity index (χ2n) is 26.6. The molecule has 0 saturated heterocycles. The van der Waals surface area contributed by atoms with E-state index >= 15 is 0 Å². The van der Waals surface area contributed by atoms with Gasteiger partial charge in [-0.05, 0) is 131 Å². The third-order valence-electron chi connectivity index (χ3n) is 20.3. The van der Waals surface area contributed by atoms with Gasteiger partial charge in [0.1, 0.15) is 0 Å². The van der Waals surface area contributed by atoms with Gasteiger partial charge in [0.2, 0.25) is 0 Å². The third-order valence-corrected chi connectivity index (χ3v) is 20.3. The van der Waals surface area contributed by atoms with Crippen molar-refractivity contribution in [3.63, 3.8) is 0 Å². The molecule has 106 heavy (non-hydrogen) atoms. The second-order valence-corrected chi connectivity index (χ2v) is 26.6. The third kappa shape index (κ3) is 10.9. The average Bonchev–Trinajstić information content (AvgIpc) is 0.982. The zero-order chi connectivity index (χ0) is 70.0. The first-order chi connectivity index (χ1) is 52.5. The number of nitrogens with zero attached hydrogens (tertiary/aromatic N) is 11. The van der Waals surface area contributed by atoms with E-state index in [0.717, 1.165) is 117 Å². The molecule has 20 rings (SSSR count). The molecule has 494 valence electrons. The van der Waals surface area contributed by atoms with Crippen LogP contribution in [0.2, 0.25) is 0 Å². The van der Waals surface area contributed by atoms with Crippen molar-refractivity contribution in [3.05, 3.63) is 364 Å². The van der Waals surface area contributed by atoms with E-state index in [2.05, 4.69) is 251 Å². The molecule has 6 heterocycles. The largest absolute Gasteiger partial charge is 0.311 e. The van der Waals surface area contributed by atoms with Crippen molar-refractivity contribution >= 4 is 79.0 Å². The highest BCUT2D eigenvalue weighted by Gasteiger charge is 2.43. The van der Waals surface area contributed by atoms with E-state index < -0.39 is 0 Å². The van der Waals surface area contributed by atoms with Crippen LogP contribution in [0.4, 0.5) is 34.1 Å². The van der Waals surface area contributed by atoms with Crippen molar-refractivity contribution in [1.29, 1.82) is 0 Å². The van der Waals surface area contributed by atoms with Crippen LogP contribution in [0, 0.1) is 0 Å². The van der Waals surface area contributed by atoms with Crippen LogP contribution in [0.1, 0.15) is 0 Å². The Hall–Kier alpha value is -14.4. The molecule has 0 amide bonds. The first-order valence-corrected chi connectivity index (χ1v) is 35.6. The van der Waals surface area contributed by atoms with Crippen molar-refractivity contribution in [3.8, 4) is 119 Å². The maximum atomic E-state index is 5.72. The van der Waals surface area contributed by atoms with Crippen LogP contribution in [0.3, 0.4) is 0 Å². The number of rotatable bonds is 13. The van der Waals surface area contributed by atoms with E-state index in [1.807, 2.05) is 127 Å². The lowest BCUT2D eigenvalue weighted by Crippen LogP contribution is -2.61. The number of para-hydroxylation sites is 4. The van der Waals surface area contributed by atoms with Crippen LogP contribution >= 0.6 is 0 Å². The summed E-state index contributed by atoms with van der Waals surface area (Å²) in [5.41, 5.74) is 25.0. The average molecular weight is 1350 g/mol. The molecule has 2 aliphatic heterocycles. The number of anilines is 6. The fourth-order valence-corrected chi connectivity index (χ4v) is 15.4. The fraction of sp³-hybridized carbons (Fsp3) is 0. The highest BCUT2D eigenvalue weighted by Crippen LogP contribution is 2.46.